The maximum absolute atomic E-state index is 12.3. The van der Waals surface area contributed by atoms with Gasteiger partial charge in [-0.2, -0.15) is 0 Å². The summed E-state index contributed by atoms with van der Waals surface area (Å²) in [7, 11) is 0. The second-order valence-corrected chi connectivity index (χ2v) is 6.01. The number of primary amides is 1. The Kier molecular flexibility index (Phi) is 4.96. The van der Waals surface area contributed by atoms with Crippen molar-refractivity contribution in [1.82, 2.24) is 0 Å². The number of quaternary nitrogens is 1. The van der Waals surface area contributed by atoms with Crippen molar-refractivity contribution in [3.05, 3.63) is 29.8 Å². The Bertz CT molecular complexity index is 513. The van der Waals surface area contributed by atoms with Gasteiger partial charge in [0, 0.05) is 17.2 Å². The summed E-state index contributed by atoms with van der Waals surface area (Å²) in [6.45, 7) is 6.32. The van der Waals surface area contributed by atoms with E-state index in [1.165, 1.54) is 17.7 Å². The minimum atomic E-state index is -0.465. The summed E-state index contributed by atoms with van der Waals surface area (Å²) in [5.74, 6) is 0.234. The largest absolute Gasteiger partial charge is 0.366 e. The van der Waals surface area contributed by atoms with Crippen LogP contribution in [-0.2, 0) is 4.79 Å². The Balaban J connectivity index is 1.95. The molecule has 1 aliphatic rings. The first-order valence-electron chi connectivity index (χ1n) is 7.52. The summed E-state index contributed by atoms with van der Waals surface area (Å²) in [6, 6.07) is 6.60. The van der Waals surface area contributed by atoms with Gasteiger partial charge in [-0.1, -0.05) is 6.92 Å². The van der Waals surface area contributed by atoms with Gasteiger partial charge in [-0.25, -0.2) is 0 Å². The van der Waals surface area contributed by atoms with Crippen LogP contribution < -0.4 is 16.0 Å². The number of carbonyl (C=O) groups excluding carboxylic acids is 2. The van der Waals surface area contributed by atoms with Gasteiger partial charge in [-0.05, 0) is 44.0 Å². The van der Waals surface area contributed by atoms with Gasteiger partial charge in [-0.3, -0.25) is 9.59 Å². The first-order chi connectivity index (χ1) is 9.97. The molecule has 1 saturated heterocycles. The number of hydrogen-bond donors (Lipinski definition) is 3. The highest BCUT2D eigenvalue weighted by Gasteiger charge is 2.29. The van der Waals surface area contributed by atoms with Crippen molar-refractivity contribution >= 4 is 17.5 Å². The Labute approximate surface area is 125 Å². The molecule has 2 amide bonds. The van der Waals surface area contributed by atoms with Gasteiger partial charge in [-0.15, -0.1) is 0 Å². The fourth-order valence-electron chi connectivity index (χ4n) is 2.88. The molecule has 0 aromatic heterocycles. The fraction of sp³-hybridized carbons (Fsp3) is 0.500. The predicted molar refractivity (Wildman–Crippen MR) is 82.1 cm³/mol. The van der Waals surface area contributed by atoms with Crippen molar-refractivity contribution in [1.29, 1.82) is 0 Å². The highest BCUT2D eigenvalue weighted by Crippen LogP contribution is 2.10. The number of nitrogens with one attached hydrogen (secondary N) is 2. The molecule has 1 heterocycles. The maximum atomic E-state index is 12.3. The number of anilines is 1. The minimum absolute atomic E-state index is 0.0194. The minimum Gasteiger partial charge on any atom is -0.366 e. The van der Waals surface area contributed by atoms with Gasteiger partial charge in [0.1, 0.15) is 0 Å². The number of piperidine rings is 1. The normalized spacial score (nSPS) is 23.3. The van der Waals surface area contributed by atoms with Gasteiger partial charge in [0.25, 0.3) is 5.91 Å². The number of benzene rings is 1. The van der Waals surface area contributed by atoms with E-state index in [2.05, 4.69) is 12.2 Å². The number of likely N-dealkylation sites (tertiary alicyclic amines) is 1. The van der Waals surface area contributed by atoms with E-state index in [0.717, 1.165) is 13.1 Å². The monoisotopic (exact) mass is 290 g/mol. The van der Waals surface area contributed by atoms with Gasteiger partial charge < -0.3 is 16.0 Å². The molecule has 4 N–H and O–H groups in total. The van der Waals surface area contributed by atoms with Crippen LogP contribution in [0.3, 0.4) is 0 Å². The molecule has 1 aliphatic heterocycles. The van der Waals surface area contributed by atoms with E-state index < -0.39 is 5.91 Å². The predicted octanol–water partition coefficient (Wildman–Crippen LogP) is 0.427. The lowest BCUT2D eigenvalue weighted by atomic mass is 9.99. The van der Waals surface area contributed by atoms with Crippen LogP contribution in [0.15, 0.2) is 24.3 Å². The van der Waals surface area contributed by atoms with Crippen LogP contribution in [0.25, 0.3) is 0 Å². The van der Waals surface area contributed by atoms with Crippen LogP contribution in [0, 0.1) is 5.92 Å². The van der Waals surface area contributed by atoms with Crippen molar-refractivity contribution < 1.29 is 14.5 Å². The number of nitrogens with two attached hydrogens (primary N) is 1. The van der Waals surface area contributed by atoms with E-state index in [9.17, 15) is 9.59 Å². The Hall–Kier alpha value is -1.88. The molecular weight excluding hydrogens is 266 g/mol. The first-order valence-corrected chi connectivity index (χ1v) is 7.52. The fourth-order valence-corrected chi connectivity index (χ4v) is 2.88. The quantitative estimate of drug-likeness (QED) is 0.752. The average molecular weight is 290 g/mol. The lowest BCUT2D eigenvalue weighted by Crippen LogP contribution is -3.17. The number of rotatable bonds is 4. The zero-order valence-corrected chi connectivity index (χ0v) is 12.7. The van der Waals surface area contributed by atoms with Crippen LogP contribution in [0.5, 0.6) is 0 Å². The summed E-state index contributed by atoms with van der Waals surface area (Å²) in [5.41, 5.74) is 6.33. The highest BCUT2D eigenvalue weighted by molar-refractivity contribution is 5.95. The maximum Gasteiger partial charge on any atom is 0.282 e. The van der Waals surface area contributed by atoms with E-state index in [4.69, 9.17) is 5.73 Å². The van der Waals surface area contributed by atoms with E-state index in [1.54, 1.807) is 24.3 Å². The smallest absolute Gasteiger partial charge is 0.282 e. The van der Waals surface area contributed by atoms with Crippen molar-refractivity contribution in [2.45, 2.75) is 32.7 Å². The number of amides is 2. The molecule has 114 valence electrons. The van der Waals surface area contributed by atoms with Crippen LogP contribution in [0.1, 0.15) is 37.0 Å². The molecule has 1 aromatic rings. The molecule has 0 bridgehead atoms. The molecule has 0 spiro atoms. The summed E-state index contributed by atoms with van der Waals surface area (Å²) in [5, 5.41) is 2.91. The molecular formula is C16H24N3O2+. The molecule has 1 fully saturated rings. The van der Waals surface area contributed by atoms with Crippen LogP contribution in [0.2, 0.25) is 0 Å². The summed E-state index contributed by atoms with van der Waals surface area (Å²) < 4.78 is 0. The molecule has 21 heavy (non-hydrogen) atoms. The molecule has 5 nitrogen and oxygen atoms in total. The molecule has 0 saturated carbocycles. The molecule has 5 heteroatoms. The number of hydrogen-bond acceptors (Lipinski definition) is 2. The van der Waals surface area contributed by atoms with Gasteiger partial charge >= 0.3 is 0 Å². The van der Waals surface area contributed by atoms with E-state index >= 15 is 0 Å². The third-order valence-corrected chi connectivity index (χ3v) is 4.25. The molecule has 1 aromatic carbocycles. The Morgan fingerprint density at radius 2 is 2.00 bits per heavy atom. The molecule has 0 aliphatic carbocycles. The average Bonchev–Trinajstić information content (AvgIpc) is 2.47. The highest BCUT2D eigenvalue weighted by atomic mass is 16.2. The Morgan fingerprint density at radius 3 is 2.57 bits per heavy atom. The zero-order chi connectivity index (χ0) is 15.4. The topological polar surface area (TPSA) is 76.6 Å². The third-order valence-electron chi connectivity index (χ3n) is 4.25. The summed E-state index contributed by atoms with van der Waals surface area (Å²) in [4.78, 5) is 24.7. The molecule has 2 rings (SSSR count). The van der Waals surface area contributed by atoms with Gasteiger partial charge in [0.2, 0.25) is 5.91 Å². The van der Waals surface area contributed by atoms with Crippen molar-refractivity contribution in [2.24, 2.45) is 11.7 Å². The standard InChI is InChI=1S/C16H23N3O2/c1-11-4-3-9-19(10-11)12(2)16(21)18-14-7-5-13(6-8-14)15(17)20/h5-8,11-12H,3-4,9-10H2,1-2H3,(H2,17,20)(H,18,21)/p+1/t11-,12-/m0/s1. The first kappa shape index (κ1) is 15.5. The van der Waals surface area contributed by atoms with Crippen molar-refractivity contribution in [2.75, 3.05) is 18.4 Å². The van der Waals surface area contributed by atoms with E-state index in [-0.39, 0.29) is 11.9 Å². The zero-order valence-electron chi connectivity index (χ0n) is 12.7. The molecule has 1 unspecified atom stereocenters. The van der Waals surface area contributed by atoms with Crippen LogP contribution in [0.4, 0.5) is 5.69 Å². The van der Waals surface area contributed by atoms with Gasteiger partial charge in [0.15, 0.2) is 6.04 Å². The van der Waals surface area contributed by atoms with E-state index in [0.29, 0.717) is 17.2 Å². The van der Waals surface area contributed by atoms with Gasteiger partial charge in [0.05, 0.1) is 13.1 Å². The summed E-state index contributed by atoms with van der Waals surface area (Å²) >= 11 is 0. The van der Waals surface area contributed by atoms with Crippen molar-refractivity contribution in [3.8, 4) is 0 Å². The summed E-state index contributed by atoms with van der Waals surface area (Å²) in [6.07, 6.45) is 2.44. The van der Waals surface area contributed by atoms with Crippen LogP contribution >= 0.6 is 0 Å². The number of carbonyl (C=O) groups is 2. The molecule has 3 atom stereocenters. The molecule has 0 radical (unpaired) electrons. The second kappa shape index (κ2) is 6.72. The van der Waals surface area contributed by atoms with E-state index in [1.807, 2.05) is 6.92 Å². The Morgan fingerprint density at radius 1 is 1.33 bits per heavy atom. The SMILES string of the molecule is C[C@H]1CCC[NH+]([C@@H](C)C(=O)Nc2ccc(C(N)=O)cc2)C1. The second-order valence-electron chi connectivity index (χ2n) is 6.01. The lowest BCUT2D eigenvalue weighted by molar-refractivity contribution is -0.922. The van der Waals surface area contributed by atoms with Crippen molar-refractivity contribution in [3.63, 3.8) is 0 Å². The van der Waals surface area contributed by atoms with Crippen LogP contribution in [-0.4, -0.2) is 30.9 Å². The third kappa shape index (κ3) is 4.04. The lowest BCUT2D eigenvalue weighted by Gasteiger charge is -2.31.